The highest BCUT2D eigenvalue weighted by atomic mass is 14.1. The van der Waals surface area contributed by atoms with E-state index in [2.05, 4.69) is 52.0 Å². The Morgan fingerprint density at radius 2 is 1.50 bits per heavy atom. The first kappa shape index (κ1) is 13.3. The van der Waals surface area contributed by atoms with E-state index in [0.29, 0.717) is 5.92 Å². The van der Waals surface area contributed by atoms with Gasteiger partial charge in [-0.1, -0.05) is 64.8 Å². The van der Waals surface area contributed by atoms with Gasteiger partial charge in [0.05, 0.1) is 0 Å². The highest BCUT2D eigenvalue weighted by molar-refractivity contribution is 5.27. The first-order valence-corrected chi connectivity index (χ1v) is 6.78. The Balaban J connectivity index is 2.70. The van der Waals surface area contributed by atoms with Crippen molar-refractivity contribution >= 4 is 0 Å². The Kier molecular flexibility index (Phi) is 5.59. The van der Waals surface area contributed by atoms with Gasteiger partial charge in [0.15, 0.2) is 0 Å². The lowest BCUT2D eigenvalue weighted by Gasteiger charge is -2.16. The quantitative estimate of drug-likeness (QED) is 0.592. The van der Waals surface area contributed by atoms with E-state index < -0.39 is 0 Å². The molecule has 0 saturated carbocycles. The molecule has 1 atom stereocenters. The Morgan fingerprint density at radius 3 is 1.94 bits per heavy atom. The highest BCUT2D eigenvalue weighted by Gasteiger charge is 2.08. The van der Waals surface area contributed by atoms with Crippen LogP contribution in [-0.2, 0) is 0 Å². The molecule has 0 N–H and O–H groups in total. The third-order valence-electron chi connectivity index (χ3n) is 3.47. The lowest BCUT2D eigenvalue weighted by molar-refractivity contribution is 0.569. The topological polar surface area (TPSA) is 0 Å². The second-order valence-corrected chi connectivity index (χ2v) is 5.07. The molecule has 0 heteroatoms. The third-order valence-corrected chi connectivity index (χ3v) is 3.47. The zero-order chi connectivity index (χ0) is 12.0. The standard InChI is InChI=1S/C16H26/c1-5-7-8-14(6-2)16-11-9-15(10-12-16)13(3)4/h9-14H,5-8H2,1-4H3. The number of rotatable bonds is 6. The molecule has 1 aromatic carbocycles. The molecule has 0 aliphatic carbocycles. The summed E-state index contributed by atoms with van der Waals surface area (Å²) in [6, 6.07) is 9.27. The second kappa shape index (κ2) is 6.73. The van der Waals surface area contributed by atoms with E-state index in [1.807, 2.05) is 0 Å². The maximum atomic E-state index is 2.33. The number of hydrogen-bond donors (Lipinski definition) is 0. The summed E-state index contributed by atoms with van der Waals surface area (Å²) in [6.45, 7) is 9.08. The van der Waals surface area contributed by atoms with Crippen LogP contribution in [0, 0.1) is 0 Å². The van der Waals surface area contributed by atoms with E-state index in [-0.39, 0.29) is 0 Å². The van der Waals surface area contributed by atoms with E-state index in [1.54, 1.807) is 0 Å². The van der Waals surface area contributed by atoms with Gasteiger partial charge in [0.25, 0.3) is 0 Å². The van der Waals surface area contributed by atoms with Crippen LogP contribution in [0.25, 0.3) is 0 Å². The third kappa shape index (κ3) is 3.66. The van der Waals surface area contributed by atoms with Gasteiger partial charge in [-0.15, -0.1) is 0 Å². The van der Waals surface area contributed by atoms with Gasteiger partial charge in [-0.2, -0.15) is 0 Å². The zero-order valence-electron chi connectivity index (χ0n) is 11.3. The van der Waals surface area contributed by atoms with Crippen LogP contribution in [0.15, 0.2) is 24.3 Å². The first-order valence-electron chi connectivity index (χ1n) is 6.78. The van der Waals surface area contributed by atoms with Crippen molar-refractivity contribution in [2.75, 3.05) is 0 Å². The summed E-state index contributed by atoms with van der Waals surface area (Å²) in [5.74, 6) is 1.41. The normalized spacial score (nSPS) is 13.1. The molecule has 16 heavy (non-hydrogen) atoms. The molecule has 0 spiro atoms. The van der Waals surface area contributed by atoms with E-state index in [4.69, 9.17) is 0 Å². The summed E-state index contributed by atoms with van der Waals surface area (Å²) in [5, 5.41) is 0. The molecule has 1 aromatic rings. The van der Waals surface area contributed by atoms with Gasteiger partial charge in [0.1, 0.15) is 0 Å². The molecule has 0 aliphatic rings. The minimum atomic E-state index is 0.643. The first-order chi connectivity index (χ1) is 7.69. The zero-order valence-corrected chi connectivity index (χ0v) is 11.3. The average molecular weight is 218 g/mol. The number of hydrogen-bond acceptors (Lipinski definition) is 0. The minimum absolute atomic E-state index is 0.643. The Morgan fingerprint density at radius 1 is 0.938 bits per heavy atom. The predicted molar refractivity (Wildman–Crippen MR) is 73.1 cm³/mol. The summed E-state index contributed by atoms with van der Waals surface area (Å²) in [5.41, 5.74) is 2.98. The molecule has 1 rings (SSSR count). The average Bonchev–Trinajstić information content (AvgIpc) is 2.30. The molecule has 0 heterocycles. The van der Waals surface area contributed by atoms with Crippen LogP contribution in [0.3, 0.4) is 0 Å². The van der Waals surface area contributed by atoms with Crippen LogP contribution < -0.4 is 0 Å². The monoisotopic (exact) mass is 218 g/mol. The van der Waals surface area contributed by atoms with Gasteiger partial charge in [-0.3, -0.25) is 0 Å². The lowest BCUT2D eigenvalue weighted by atomic mass is 9.90. The predicted octanol–water partition coefficient (Wildman–Crippen LogP) is 5.49. The van der Waals surface area contributed by atoms with Crippen molar-refractivity contribution in [2.24, 2.45) is 0 Å². The van der Waals surface area contributed by atoms with Crippen molar-refractivity contribution < 1.29 is 0 Å². The molecule has 90 valence electrons. The number of benzene rings is 1. The van der Waals surface area contributed by atoms with Gasteiger partial charge < -0.3 is 0 Å². The smallest absolute Gasteiger partial charge is 0.0165 e. The van der Waals surface area contributed by atoms with Crippen LogP contribution in [-0.4, -0.2) is 0 Å². The molecule has 0 saturated heterocycles. The van der Waals surface area contributed by atoms with Gasteiger partial charge in [0, 0.05) is 0 Å². The SMILES string of the molecule is CCCCC(CC)c1ccc(C(C)C)cc1. The van der Waals surface area contributed by atoms with Crippen molar-refractivity contribution in [3.05, 3.63) is 35.4 Å². The van der Waals surface area contributed by atoms with Gasteiger partial charge >= 0.3 is 0 Å². The molecule has 0 amide bonds. The van der Waals surface area contributed by atoms with Crippen molar-refractivity contribution in [3.63, 3.8) is 0 Å². The van der Waals surface area contributed by atoms with Gasteiger partial charge in [-0.05, 0) is 35.8 Å². The Labute approximate surface area is 101 Å². The Hall–Kier alpha value is -0.780. The highest BCUT2D eigenvalue weighted by Crippen LogP contribution is 2.26. The number of unbranched alkanes of at least 4 members (excludes halogenated alkanes) is 1. The molecule has 0 nitrogen and oxygen atoms in total. The molecule has 0 bridgehead atoms. The van der Waals surface area contributed by atoms with Crippen LogP contribution in [0.4, 0.5) is 0 Å². The largest absolute Gasteiger partial charge is 0.0654 e. The van der Waals surface area contributed by atoms with Gasteiger partial charge in [0.2, 0.25) is 0 Å². The maximum Gasteiger partial charge on any atom is -0.0165 e. The van der Waals surface area contributed by atoms with Crippen LogP contribution in [0.2, 0.25) is 0 Å². The van der Waals surface area contributed by atoms with E-state index in [0.717, 1.165) is 5.92 Å². The molecule has 0 aliphatic heterocycles. The fourth-order valence-electron chi connectivity index (χ4n) is 2.21. The summed E-state index contributed by atoms with van der Waals surface area (Å²) in [4.78, 5) is 0. The summed E-state index contributed by atoms with van der Waals surface area (Å²) in [7, 11) is 0. The van der Waals surface area contributed by atoms with Crippen LogP contribution >= 0.6 is 0 Å². The van der Waals surface area contributed by atoms with Gasteiger partial charge in [-0.25, -0.2) is 0 Å². The second-order valence-electron chi connectivity index (χ2n) is 5.07. The van der Waals surface area contributed by atoms with Crippen molar-refractivity contribution in [3.8, 4) is 0 Å². The fraction of sp³-hybridized carbons (Fsp3) is 0.625. The summed E-state index contributed by atoms with van der Waals surface area (Å²) in [6.07, 6.45) is 5.26. The van der Waals surface area contributed by atoms with E-state index in [1.165, 1.54) is 36.8 Å². The molecular formula is C16H26. The molecule has 0 radical (unpaired) electrons. The lowest BCUT2D eigenvalue weighted by Crippen LogP contribution is -1.98. The minimum Gasteiger partial charge on any atom is -0.0654 e. The Bertz CT molecular complexity index is 281. The van der Waals surface area contributed by atoms with Crippen LogP contribution in [0.5, 0.6) is 0 Å². The summed E-state index contributed by atoms with van der Waals surface area (Å²) < 4.78 is 0. The van der Waals surface area contributed by atoms with E-state index in [9.17, 15) is 0 Å². The molecule has 0 aromatic heterocycles. The maximum absolute atomic E-state index is 2.33. The summed E-state index contributed by atoms with van der Waals surface area (Å²) >= 11 is 0. The van der Waals surface area contributed by atoms with Crippen molar-refractivity contribution in [2.45, 2.75) is 65.2 Å². The van der Waals surface area contributed by atoms with Crippen LogP contribution in [0.1, 0.15) is 76.3 Å². The van der Waals surface area contributed by atoms with Crippen molar-refractivity contribution in [1.82, 2.24) is 0 Å². The fourth-order valence-corrected chi connectivity index (χ4v) is 2.21. The molecule has 0 fully saturated rings. The molecular weight excluding hydrogens is 192 g/mol. The van der Waals surface area contributed by atoms with E-state index >= 15 is 0 Å². The molecule has 1 unspecified atom stereocenters. The van der Waals surface area contributed by atoms with Crippen molar-refractivity contribution in [1.29, 1.82) is 0 Å².